The number of piperazine rings is 1. The summed E-state index contributed by atoms with van der Waals surface area (Å²) in [5.74, 6) is -0.521. The van der Waals surface area contributed by atoms with Crippen molar-refractivity contribution in [2.75, 3.05) is 26.2 Å². The van der Waals surface area contributed by atoms with E-state index >= 15 is 0 Å². The van der Waals surface area contributed by atoms with Crippen LogP contribution in [0.1, 0.15) is 30.9 Å². The molecule has 0 bridgehead atoms. The Morgan fingerprint density at radius 2 is 1.83 bits per heavy atom. The lowest BCUT2D eigenvalue weighted by Crippen LogP contribution is -2.48. The molecule has 3 rings (SSSR count). The third kappa shape index (κ3) is 4.52. The molecule has 0 aromatic heterocycles. The average Bonchev–Trinajstić information content (AvgIpc) is 2.44. The zero-order valence-electron chi connectivity index (χ0n) is 13.1. The van der Waals surface area contributed by atoms with Crippen LogP contribution in [0.3, 0.4) is 0 Å². The molecule has 0 spiro atoms. The van der Waals surface area contributed by atoms with Gasteiger partial charge >= 0.3 is 6.36 Å². The fourth-order valence-electron chi connectivity index (χ4n) is 3.41. The molecule has 1 aromatic rings. The van der Waals surface area contributed by atoms with Crippen molar-refractivity contribution in [3.8, 4) is 5.75 Å². The molecule has 1 aliphatic heterocycles. The fraction of sp³-hybridized carbons (Fsp3) is 0.625. The Morgan fingerprint density at radius 3 is 2.38 bits per heavy atom. The third-order valence-electron chi connectivity index (χ3n) is 4.66. The molecule has 0 amide bonds. The second-order valence-electron chi connectivity index (χ2n) is 6.15. The minimum absolute atomic E-state index is 0. The molecule has 1 saturated carbocycles. The Balaban J connectivity index is 0.00000208. The highest BCUT2D eigenvalue weighted by molar-refractivity contribution is 5.85. The monoisotopic (exact) mass is 368 g/mol. The van der Waals surface area contributed by atoms with E-state index in [1.54, 1.807) is 0 Å². The summed E-state index contributed by atoms with van der Waals surface area (Å²) in [5.41, 5.74) is 0.318. The van der Waals surface area contributed by atoms with Gasteiger partial charge in [-0.2, -0.15) is 0 Å². The molecular formula is C16H21ClF4N2O. The molecule has 1 N–H and O–H groups in total. The van der Waals surface area contributed by atoms with Crippen LogP contribution in [-0.4, -0.2) is 37.4 Å². The number of halogens is 5. The third-order valence-corrected chi connectivity index (χ3v) is 4.66. The summed E-state index contributed by atoms with van der Waals surface area (Å²) in [6.45, 7) is 3.16. The Bertz CT molecular complexity index is 545. The standard InChI is InChI=1S/C16H20F4N2O.ClH/c17-14-5-4-12(23-16(18,19)20)10-13(14)15(11-2-1-3-11)22-8-6-21-7-9-22;/h4-5,10-11,15,21H,1-3,6-9H2;1H/t15-;/m0./s1. The minimum Gasteiger partial charge on any atom is -0.406 e. The van der Waals surface area contributed by atoms with E-state index in [2.05, 4.69) is 15.0 Å². The summed E-state index contributed by atoms with van der Waals surface area (Å²) in [4.78, 5) is 2.18. The Morgan fingerprint density at radius 1 is 1.17 bits per heavy atom. The summed E-state index contributed by atoms with van der Waals surface area (Å²) in [6.07, 6.45) is -1.71. The first-order valence-electron chi connectivity index (χ1n) is 7.94. The predicted octanol–water partition coefficient (Wildman–Crippen LogP) is 3.89. The lowest BCUT2D eigenvalue weighted by molar-refractivity contribution is -0.274. The second-order valence-corrected chi connectivity index (χ2v) is 6.15. The van der Waals surface area contributed by atoms with Gasteiger partial charge in [-0.05, 0) is 37.0 Å². The lowest BCUT2D eigenvalue weighted by Gasteiger charge is -2.43. The van der Waals surface area contributed by atoms with Crippen LogP contribution in [0.4, 0.5) is 17.6 Å². The van der Waals surface area contributed by atoms with Crippen molar-refractivity contribution >= 4 is 12.4 Å². The number of benzene rings is 1. The summed E-state index contributed by atoms with van der Waals surface area (Å²) >= 11 is 0. The summed E-state index contributed by atoms with van der Waals surface area (Å²) in [7, 11) is 0. The van der Waals surface area contributed by atoms with Crippen molar-refractivity contribution in [2.24, 2.45) is 5.92 Å². The highest BCUT2D eigenvalue weighted by Gasteiger charge is 2.36. The zero-order chi connectivity index (χ0) is 16.4. The number of ether oxygens (including phenoxy) is 1. The molecule has 2 fully saturated rings. The van der Waals surface area contributed by atoms with Gasteiger partial charge in [0, 0.05) is 37.8 Å². The van der Waals surface area contributed by atoms with Crippen LogP contribution in [0.5, 0.6) is 5.75 Å². The highest BCUT2D eigenvalue weighted by atomic mass is 35.5. The first kappa shape index (κ1) is 19.3. The van der Waals surface area contributed by atoms with Gasteiger partial charge in [0.05, 0.1) is 0 Å². The second kappa shape index (κ2) is 7.89. The smallest absolute Gasteiger partial charge is 0.406 e. The van der Waals surface area contributed by atoms with E-state index in [9.17, 15) is 17.6 Å². The van der Waals surface area contributed by atoms with Gasteiger partial charge in [0.2, 0.25) is 0 Å². The average molecular weight is 369 g/mol. The fourth-order valence-corrected chi connectivity index (χ4v) is 3.41. The van der Waals surface area contributed by atoms with Gasteiger partial charge in [0.1, 0.15) is 11.6 Å². The molecule has 8 heteroatoms. The number of alkyl halides is 3. The van der Waals surface area contributed by atoms with Crippen LogP contribution in [0, 0.1) is 11.7 Å². The topological polar surface area (TPSA) is 24.5 Å². The molecule has 24 heavy (non-hydrogen) atoms. The van der Waals surface area contributed by atoms with Crippen molar-refractivity contribution in [1.82, 2.24) is 10.2 Å². The predicted molar refractivity (Wildman–Crippen MR) is 84.9 cm³/mol. The molecule has 2 aliphatic rings. The Kier molecular flexibility index (Phi) is 6.33. The molecule has 136 valence electrons. The first-order valence-corrected chi connectivity index (χ1v) is 7.94. The van der Waals surface area contributed by atoms with Gasteiger partial charge in [-0.15, -0.1) is 25.6 Å². The van der Waals surface area contributed by atoms with Crippen molar-refractivity contribution in [1.29, 1.82) is 0 Å². The van der Waals surface area contributed by atoms with Crippen molar-refractivity contribution in [2.45, 2.75) is 31.7 Å². The van der Waals surface area contributed by atoms with E-state index in [1.165, 1.54) is 6.07 Å². The quantitative estimate of drug-likeness (QED) is 0.816. The Hall–Kier alpha value is -1.05. The van der Waals surface area contributed by atoms with Crippen LogP contribution in [-0.2, 0) is 0 Å². The molecule has 0 unspecified atom stereocenters. The molecule has 1 aliphatic carbocycles. The maximum atomic E-state index is 14.3. The number of rotatable bonds is 4. The summed E-state index contributed by atoms with van der Waals surface area (Å²) < 4.78 is 55.6. The number of hydrogen-bond acceptors (Lipinski definition) is 3. The molecule has 0 radical (unpaired) electrons. The highest BCUT2D eigenvalue weighted by Crippen LogP contribution is 2.43. The minimum atomic E-state index is -4.77. The van der Waals surface area contributed by atoms with Gasteiger partial charge < -0.3 is 10.1 Å². The van der Waals surface area contributed by atoms with Gasteiger partial charge in [-0.25, -0.2) is 4.39 Å². The summed E-state index contributed by atoms with van der Waals surface area (Å²) in [5, 5.41) is 3.24. The molecule has 1 saturated heterocycles. The summed E-state index contributed by atoms with van der Waals surface area (Å²) in [6, 6.07) is 3.14. The van der Waals surface area contributed by atoms with E-state index in [4.69, 9.17) is 0 Å². The van der Waals surface area contributed by atoms with Crippen molar-refractivity contribution in [3.63, 3.8) is 0 Å². The van der Waals surface area contributed by atoms with E-state index in [0.29, 0.717) is 11.5 Å². The van der Waals surface area contributed by atoms with Crippen LogP contribution < -0.4 is 10.1 Å². The van der Waals surface area contributed by atoms with Crippen LogP contribution in [0.15, 0.2) is 18.2 Å². The van der Waals surface area contributed by atoms with Gasteiger partial charge in [-0.1, -0.05) is 6.42 Å². The van der Waals surface area contributed by atoms with Gasteiger partial charge in [0.15, 0.2) is 0 Å². The van der Waals surface area contributed by atoms with E-state index in [1.807, 2.05) is 0 Å². The van der Waals surface area contributed by atoms with Gasteiger partial charge in [0.25, 0.3) is 0 Å². The number of nitrogens with one attached hydrogen (secondary N) is 1. The van der Waals surface area contributed by atoms with E-state index < -0.39 is 12.2 Å². The number of nitrogens with zero attached hydrogens (tertiary/aromatic N) is 1. The first-order chi connectivity index (χ1) is 10.9. The van der Waals surface area contributed by atoms with Crippen LogP contribution in [0.25, 0.3) is 0 Å². The SMILES string of the molecule is Cl.Fc1ccc(OC(F)(F)F)cc1[C@H](C1CCC1)N1CCNCC1. The molecule has 1 atom stereocenters. The zero-order valence-corrected chi connectivity index (χ0v) is 13.9. The molecule has 1 heterocycles. The number of hydrogen-bond donors (Lipinski definition) is 1. The molecule has 3 nitrogen and oxygen atoms in total. The maximum Gasteiger partial charge on any atom is 0.573 e. The largest absolute Gasteiger partial charge is 0.573 e. The van der Waals surface area contributed by atoms with Crippen molar-refractivity contribution < 1.29 is 22.3 Å². The van der Waals surface area contributed by atoms with Gasteiger partial charge in [-0.3, -0.25) is 4.90 Å². The Labute approximate surface area is 144 Å². The molecule has 1 aromatic carbocycles. The lowest BCUT2D eigenvalue weighted by atomic mass is 9.76. The van der Waals surface area contributed by atoms with E-state index in [-0.39, 0.29) is 24.2 Å². The van der Waals surface area contributed by atoms with E-state index in [0.717, 1.165) is 57.6 Å². The van der Waals surface area contributed by atoms with Crippen molar-refractivity contribution in [3.05, 3.63) is 29.6 Å². The molecular weight excluding hydrogens is 348 g/mol. The van der Waals surface area contributed by atoms with Crippen LogP contribution >= 0.6 is 12.4 Å². The van der Waals surface area contributed by atoms with Crippen LogP contribution in [0.2, 0.25) is 0 Å². The maximum absolute atomic E-state index is 14.3. The normalized spacial score (nSPS) is 20.8.